The molecule has 2 N–H and O–H groups in total. The topological polar surface area (TPSA) is 41.1 Å². The largest absolute Gasteiger partial charge is 0.338 e. The summed E-state index contributed by atoms with van der Waals surface area (Å²) in [6.45, 7) is 4.62. The minimum Gasteiger partial charge on any atom is -0.338 e. The number of carbonyl (C=O) groups is 1. The van der Waals surface area contributed by atoms with Gasteiger partial charge in [-0.3, -0.25) is 0 Å². The zero-order valence-electron chi connectivity index (χ0n) is 13.6. The molecule has 0 aliphatic carbocycles. The Morgan fingerprint density at radius 1 is 1.09 bits per heavy atom. The molecule has 3 nitrogen and oxygen atoms in total. The highest BCUT2D eigenvalue weighted by atomic mass is 19.1. The third kappa shape index (κ3) is 5.40. The first-order valence-corrected chi connectivity index (χ1v) is 7.90. The molecule has 0 radical (unpaired) electrons. The third-order valence-corrected chi connectivity index (χ3v) is 3.70. The summed E-state index contributed by atoms with van der Waals surface area (Å²) < 4.78 is 13.1. The van der Waals surface area contributed by atoms with Crippen molar-refractivity contribution in [1.29, 1.82) is 0 Å². The Morgan fingerprint density at radius 2 is 1.83 bits per heavy atom. The fourth-order valence-electron chi connectivity index (χ4n) is 2.50. The molecule has 0 saturated carbocycles. The predicted molar refractivity (Wildman–Crippen MR) is 90.7 cm³/mol. The van der Waals surface area contributed by atoms with E-state index >= 15 is 0 Å². The van der Waals surface area contributed by atoms with Crippen LogP contribution in [0.2, 0.25) is 0 Å². The van der Waals surface area contributed by atoms with E-state index in [1.54, 1.807) is 6.07 Å². The molecule has 23 heavy (non-hydrogen) atoms. The van der Waals surface area contributed by atoms with Crippen molar-refractivity contribution in [2.75, 3.05) is 6.54 Å². The molecule has 1 atom stereocenters. The van der Waals surface area contributed by atoms with Gasteiger partial charge in [-0.1, -0.05) is 56.3 Å². The van der Waals surface area contributed by atoms with E-state index in [9.17, 15) is 9.18 Å². The molecule has 0 heterocycles. The van der Waals surface area contributed by atoms with E-state index in [4.69, 9.17) is 0 Å². The number of amides is 2. The number of urea groups is 1. The smallest absolute Gasteiger partial charge is 0.315 e. The third-order valence-electron chi connectivity index (χ3n) is 3.70. The molecule has 4 heteroatoms. The Bertz CT molecular complexity index is 628. The SMILES string of the molecule is CC(C)[C@H](NC(=O)NCCc1cccc(F)c1)c1ccccc1. The van der Waals surface area contributed by atoms with Crippen LogP contribution in [0.25, 0.3) is 0 Å². The minimum absolute atomic E-state index is 0.0367. The predicted octanol–water partition coefficient (Wildman–Crippen LogP) is 4.06. The fraction of sp³-hybridized carbons (Fsp3) is 0.316. The molecule has 0 bridgehead atoms. The van der Waals surface area contributed by atoms with Crippen LogP contribution in [0.4, 0.5) is 9.18 Å². The second-order valence-corrected chi connectivity index (χ2v) is 5.91. The van der Waals surface area contributed by atoms with Crippen LogP contribution in [0, 0.1) is 11.7 Å². The van der Waals surface area contributed by atoms with Crippen LogP contribution in [-0.2, 0) is 6.42 Å². The normalized spacial score (nSPS) is 12.0. The van der Waals surface area contributed by atoms with Crippen molar-refractivity contribution in [3.05, 3.63) is 71.5 Å². The molecule has 0 unspecified atom stereocenters. The van der Waals surface area contributed by atoms with Crippen LogP contribution < -0.4 is 10.6 Å². The van der Waals surface area contributed by atoms with Gasteiger partial charge in [0.05, 0.1) is 6.04 Å². The zero-order valence-corrected chi connectivity index (χ0v) is 13.6. The van der Waals surface area contributed by atoms with Crippen LogP contribution >= 0.6 is 0 Å². The molecule has 2 amide bonds. The first kappa shape index (κ1) is 17.0. The molecule has 0 aliphatic heterocycles. The van der Waals surface area contributed by atoms with Crippen LogP contribution in [0.15, 0.2) is 54.6 Å². The van der Waals surface area contributed by atoms with Gasteiger partial charge in [-0.25, -0.2) is 9.18 Å². The van der Waals surface area contributed by atoms with E-state index in [1.807, 2.05) is 36.4 Å². The number of carbonyl (C=O) groups excluding carboxylic acids is 1. The van der Waals surface area contributed by atoms with Gasteiger partial charge in [-0.2, -0.15) is 0 Å². The van der Waals surface area contributed by atoms with Gasteiger partial charge in [0.1, 0.15) is 5.82 Å². The van der Waals surface area contributed by atoms with E-state index in [-0.39, 0.29) is 23.8 Å². The average Bonchev–Trinajstić information content (AvgIpc) is 2.53. The van der Waals surface area contributed by atoms with Gasteiger partial charge in [-0.15, -0.1) is 0 Å². The number of hydrogen-bond acceptors (Lipinski definition) is 1. The Kier molecular flexibility index (Phi) is 6.15. The van der Waals surface area contributed by atoms with Crippen LogP contribution in [0.3, 0.4) is 0 Å². The molecule has 0 saturated heterocycles. The van der Waals surface area contributed by atoms with E-state index in [0.29, 0.717) is 13.0 Å². The zero-order chi connectivity index (χ0) is 16.7. The Morgan fingerprint density at radius 3 is 2.48 bits per heavy atom. The van der Waals surface area contributed by atoms with Crippen molar-refractivity contribution in [3.8, 4) is 0 Å². The average molecular weight is 314 g/mol. The van der Waals surface area contributed by atoms with E-state index in [0.717, 1.165) is 11.1 Å². The van der Waals surface area contributed by atoms with Crippen molar-refractivity contribution in [3.63, 3.8) is 0 Å². The summed E-state index contributed by atoms with van der Waals surface area (Å²) in [4.78, 5) is 12.1. The summed E-state index contributed by atoms with van der Waals surface area (Å²) in [6, 6.07) is 16.1. The van der Waals surface area contributed by atoms with Crippen molar-refractivity contribution in [1.82, 2.24) is 10.6 Å². The first-order chi connectivity index (χ1) is 11.1. The summed E-state index contributed by atoms with van der Waals surface area (Å²) in [6.07, 6.45) is 0.600. The Balaban J connectivity index is 1.85. The number of benzene rings is 2. The highest BCUT2D eigenvalue weighted by Crippen LogP contribution is 2.20. The van der Waals surface area contributed by atoms with Crippen molar-refractivity contribution >= 4 is 6.03 Å². The van der Waals surface area contributed by atoms with Crippen LogP contribution in [0.5, 0.6) is 0 Å². The van der Waals surface area contributed by atoms with Gasteiger partial charge in [0.25, 0.3) is 0 Å². The summed E-state index contributed by atoms with van der Waals surface area (Å²) in [5, 5.41) is 5.84. The Hall–Kier alpha value is -2.36. The van der Waals surface area contributed by atoms with Gasteiger partial charge >= 0.3 is 6.03 Å². The lowest BCUT2D eigenvalue weighted by Crippen LogP contribution is -2.40. The van der Waals surface area contributed by atoms with Gasteiger partial charge in [0.2, 0.25) is 0 Å². The lowest BCUT2D eigenvalue weighted by Gasteiger charge is -2.23. The van der Waals surface area contributed by atoms with Gasteiger partial charge < -0.3 is 10.6 Å². The van der Waals surface area contributed by atoms with E-state index < -0.39 is 0 Å². The summed E-state index contributed by atoms with van der Waals surface area (Å²) in [7, 11) is 0. The molecule has 2 aromatic rings. The summed E-state index contributed by atoms with van der Waals surface area (Å²) in [5.41, 5.74) is 1.96. The lowest BCUT2D eigenvalue weighted by atomic mass is 9.96. The fourth-order valence-corrected chi connectivity index (χ4v) is 2.50. The molecule has 2 aromatic carbocycles. The molecule has 0 aliphatic rings. The number of nitrogens with one attached hydrogen (secondary N) is 2. The number of halogens is 1. The maximum absolute atomic E-state index is 13.1. The molecule has 0 fully saturated rings. The molecule has 122 valence electrons. The minimum atomic E-state index is -0.254. The highest BCUT2D eigenvalue weighted by Gasteiger charge is 2.17. The van der Waals surface area contributed by atoms with Crippen LogP contribution in [0.1, 0.15) is 31.0 Å². The van der Waals surface area contributed by atoms with E-state index in [2.05, 4.69) is 24.5 Å². The van der Waals surface area contributed by atoms with E-state index in [1.165, 1.54) is 12.1 Å². The number of hydrogen-bond donors (Lipinski definition) is 2. The number of rotatable bonds is 6. The molecule has 0 aromatic heterocycles. The summed E-state index contributed by atoms with van der Waals surface area (Å²) >= 11 is 0. The second-order valence-electron chi connectivity index (χ2n) is 5.91. The maximum Gasteiger partial charge on any atom is 0.315 e. The quantitative estimate of drug-likeness (QED) is 0.829. The maximum atomic E-state index is 13.1. The van der Waals surface area contributed by atoms with Gasteiger partial charge in [0, 0.05) is 6.54 Å². The summed E-state index contributed by atoms with van der Waals surface area (Å²) in [5.74, 6) is 0.0299. The van der Waals surface area contributed by atoms with Crippen molar-refractivity contribution < 1.29 is 9.18 Å². The molecular formula is C19H23FN2O. The standard InChI is InChI=1S/C19H23FN2O/c1-14(2)18(16-8-4-3-5-9-16)22-19(23)21-12-11-15-7-6-10-17(20)13-15/h3-10,13-14,18H,11-12H2,1-2H3,(H2,21,22,23)/t18-/m0/s1. The second kappa shape index (κ2) is 8.32. The Labute approximate surface area is 136 Å². The lowest BCUT2D eigenvalue weighted by molar-refractivity contribution is 0.233. The first-order valence-electron chi connectivity index (χ1n) is 7.90. The van der Waals surface area contributed by atoms with Crippen molar-refractivity contribution in [2.45, 2.75) is 26.3 Å². The van der Waals surface area contributed by atoms with Crippen LogP contribution in [-0.4, -0.2) is 12.6 Å². The van der Waals surface area contributed by atoms with Crippen molar-refractivity contribution in [2.24, 2.45) is 5.92 Å². The molecule has 2 rings (SSSR count). The van der Waals surface area contributed by atoms with Gasteiger partial charge in [0.15, 0.2) is 0 Å². The van der Waals surface area contributed by atoms with Gasteiger partial charge in [-0.05, 0) is 35.6 Å². The highest BCUT2D eigenvalue weighted by molar-refractivity contribution is 5.74. The monoisotopic (exact) mass is 314 g/mol. The molecule has 0 spiro atoms. The molecular weight excluding hydrogens is 291 g/mol.